The van der Waals surface area contributed by atoms with E-state index in [1.54, 1.807) is 30.3 Å². The minimum atomic E-state index is -0.505. The number of benzene rings is 2. The molecule has 0 saturated heterocycles. The number of halogens is 2. The SMILES string of the molecule is O=C(CCn1c(=O)oc2cc(Cl)ccc21)NCc1cccc(Cl)c1. The number of oxazole rings is 1. The number of nitrogens with zero attached hydrogens (tertiary/aromatic N) is 1. The van der Waals surface area contributed by atoms with Crippen molar-refractivity contribution in [2.75, 3.05) is 0 Å². The Bertz CT molecular complexity index is 946. The normalized spacial score (nSPS) is 10.9. The molecule has 1 amide bonds. The number of hydrogen-bond donors (Lipinski definition) is 1. The van der Waals surface area contributed by atoms with Gasteiger partial charge in [-0.3, -0.25) is 9.36 Å². The molecule has 0 radical (unpaired) electrons. The standard InChI is InChI=1S/C17H14Cl2N2O3/c18-12-3-1-2-11(8-12)10-20-16(22)6-7-21-14-5-4-13(19)9-15(14)24-17(21)23/h1-5,8-9H,6-7,10H2,(H,20,22). The Balaban J connectivity index is 1.62. The summed E-state index contributed by atoms with van der Waals surface area (Å²) in [6.45, 7) is 0.616. The predicted octanol–water partition coefficient (Wildman–Crippen LogP) is 3.61. The maximum Gasteiger partial charge on any atom is 0.419 e. The fourth-order valence-corrected chi connectivity index (χ4v) is 2.78. The van der Waals surface area contributed by atoms with Crippen molar-refractivity contribution >= 4 is 40.2 Å². The smallest absolute Gasteiger partial charge is 0.408 e. The van der Waals surface area contributed by atoms with Gasteiger partial charge in [0.2, 0.25) is 5.91 Å². The second-order valence-corrected chi connectivity index (χ2v) is 6.16. The van der Waals surface area contributed by atoms with Crippen molar-refractivity contribution in [3.8, 4) is 0 Å². The van der Waals surface area contributed by atoms with Crippen LogP contribution < -0.4 is 11.1 Å². The number of hydrogen-bond acceptors (Lipinski definition) is 3. The largest absolute Gasteiger partial charge is 0.419 e. The molecular weight excluding hydrogens is 351 g/mol. The van der Waals surface area contributed by atoms with Gasteiger partial charge in [0.15, 0.2) is 5.58 Å². The lowest BCUT2D eigenvalue weighted by atomic mass is 10.2. The summed E-state index contributed by atoms with van der Waals surface area (Å²) in [5, 5.41) is 3.91. The van der Waals surface area contributed by atoms with E-state index in [9.17, 15) is 9.59 Å². The van der Waals surface area contributed by atoms with E-state index in [-0.39, 0.29) is 18.9 Å². The number of amides is 1. The van der Waals surface area contributed by atoms with Crippen LogP contribution in [0.5, 0.6) is 0 Å². The molecule has 1 heterocycles. The maximum absolute atomic E-state index is 12.0. The summed E-state index contributed by atoms with van der Waals surface area (Å²) in [6, 6.07) is 12.2. The number of fused-ring (bicyclic) bond motifs is 1. The van der Waals surface area contributed by atoms with Crippen LogP contribution >= 0.6 is 23.2 Å². The first kappa shape index (κ1) is 16.6. The topological polar surface area (TPSA) is 64.2 Å². The van der Waals surface area contributed by atoms with E-state index in [1.807, 2.05) is 12.1 Å². The lowest BCUT2D eigenvalue weighted by molar-refractivity contribution is -0.121. The highest BCUT2D eigenvalue weighted by molar-refractivity contribution is 6.31. The highest BCUT2D eigenvalue weighted by atomic mass is 35.5. The lowest BCUT2D eigenvalue weighted by Gasteiger charge is -2.06. The highest BCUT2D eigenvalue weighted by Crippen LogP contribution is 2.18. The third-order valence-corrected chi connectivity index (χ3v) is 4.04. The Morgan fingerprint density at radius 1 is 1.12 bits per heavy atom. The number of rotatable bonds is 5. The summed E-state index contributed by atoms with van der Waals surface area (Å²) >= 11 is 11.8. The van der Waals surface area contributed by atoms with E-state index in [0.717, 1.165) is 5.56 Å². The summed E-state index contributed by atoms with van der Waals surface area (Å²) < 4.78 is 6.55. The second-order valence-electron chi connectivity index (χ2n) is 5.29. The molecule has 2 aromatic carbocycles. The van der Waals surface area contributed by atoms with E-state index < -0.39 is 5.76 Å². The molecule has 7 heteroatoms. The van der Waals surface area contributed by atoms with Gasteiger partial charge in [-0.05, 0) is 29.8 Å². The van der Waals surface area contributed by atoms with Crippen molar-refractivity contribution in [3.05, 3.63) is 68.6 Å². The van der Waals surface area contributed by atoms with Crippen molar-refractivity contribution in [2.45, 2.75) is 19.5 Å². The first-order valence-electron chi connectivity index (χ1n) is 7.33. The van der Waals surface area contributed by atoms with Gasteiger partial charge in [0.05, 0.1) is 5.52 Å². The van der Waals surface area contributed by atoms with Crippen LogP contribution in [0.2, 0.25) is 10.0 Å². The molecule has 1 N–H and O–H groups in total. The van der Waals surface area contributed by atoms with E-state index in [2.05, 4.69) is 5.32 Å². The summed E-state index contributed by atoms with van der Waals surface area (Å²) in [4.78, 5) is 23.9. The maximum atomic E-state index is 12.0. The molecule has 1 aromatic heterocycles. The van der Waals surface area contributed by atoms with Gasteiger partial charge >= 0.3 is 5.76 Å². The van der Waals surface area contributed by atoms with Crippen molar-refractivity contribution < 1.29 is 9.21 Å². The van der Waals surface area contributed by atoms with Gasteiger partial charge in [-0.15, -0.1) is 0 Å². The molecule has 0 bridgehead atoms. The minimum Gasteiger partial charge on any atom is -0.408 e. The zero-order valence-corrected chi connectivity index (χ0v) is 14.1. The summed E-state index contributed by atoms with van der Waals surface area (Å²) in [5.74, 6) is -0.667. The van der Waals surface area contributed by atoms with E-state index in [0.29, 0.717) is 27.7 Å². The van der Waals surface area contributed by atoms with Crippen LogP contribution in [0.25, 0.3) is 11.1 Å². The molecule has 3 aromatic rings. The summed E-state index contributed by atoms with van der Waals surface area (Å²) in [6.07, 6.45) is 0.164. The molecule has 0 aliphatic heterocycles. The van der Waals surface area contributed by atoms with E-state index >= 15 is 0 Å². The molecule has 24 heavy (non-hydrogen) atoms. The highest BCUT2D eigenvalue weighted by Gasteiger charge is 2.11. The Morgan fingerprint density at radius 3 is 2.71 bits per heavy atom. The molecule has 0 atom stereocenters. The van der Waals surface area contributed by atoms with Crippen LogP contribution in [-0.4, -0.2) is 10.5 Å². The number of aromatic nitrogens is 1. The molecule has 0 unspecified atom stereocenters. The van der Waals surface area contributed by atoms with E-state index in [4.69, 9.17) is 27.6 Å². The Hall–Kier alpha value is -2.24. The number of nitrogens with one attached hydrogen (secondary N) is 1. The van der Waals surface area contributed by atoms with Gasteiger partial charge in [-0.25, -0.2) is 4.79 Å². The second kappa shape index (κ2) is 7.11. The average Bonchev–Trinajstić information content (AvgIpc) is 2.85. The minimum absolute atomic E-state index is 0.162. The molecule has 0 spiro atoms. The molecule has 0 aliphatic carbocycles. The van der Waals surface area contributed by atoms with Crippen LogP contribution in [0.1, 0.15) is 12.0 Å². The van der Waals surface area contributed by atoms with Crippen LogP contribution in [0.3, 0.4) is 0 Å². The number of carbonyl (C=O) groups excluding carboxylic acids is 1. The molecule has 0 fully saturated rings. The summed E-state index contributed by atoms with van der Waals surface area (Å²) in [5.41, 5.74) is 1.94. The zero-order valence-electron chi connectivity index (χ0n) is 12.6. The molecule has 0 saturated carbocycles. The van der Waals surface area contributed by atoms with Crippen LogP contribution in [0.15, 0.2) is 51.7 Å². The lowest BCUT2D eigenvalue weighted by Crippen LogP contribution is -2.25. The quantitative estimate of drug-likeness (QED) is 0.751. The van der Waals surface area contributed by atoms with Gasteiger partial charge in [0.1, 0.15) is 0 Å². The van der Waals surface area contributed by atoms with E-state index in [1.165, 1.54) is 4.57 Å². The Kier molecular flexibility index (Phi) is 4.92. The Labute approximate surface area is 147 Å². The molecule has 3 rings (SSSR count). The zero-order chi connectivity index (χ0) is 17.1. The Morgan fingerprint density at radius 2 is 1.92 bits per heavy atom. The van der Waals surface area contributed by atoms with Crippen molar-refractivity contribution in [1.82, 2.24) is 9.88 Å². The van der Waals surface area contributed by atoms with Gasteiger partial charge in [-0.2, -0.15) is 0 Å². The van der Waals surface area contributed by atoms with Crippen molar-refractivity contribution in [1.29, 1.82) is 0 Å². The molecule has 5 nitrogen and oxygen atoms in total. The van der Waals surface area contributed by atoms with Crippen LogP contribution in [0, 0.1) is 0 Å². The van der Waals surface area contributed by atoms with Crippen molar-refractivity contribution in [2.24, 2.45) is 0 Å². The fraction of sp³-hybridized carbons (Fsp3) is 0.176. The van der Waals surface area contributed by atoms with Crippen molar-refractivity contribution in [3.63, 3.8) is 0 Å². The van der Waals surface area contributed by atoms with Gasteiger partial charge in [0, 0.05) is 35.6 Å². The van der Waals surface area contributed by atoms with Gasteiger partial charge in [-0.1, -0.05) is 35.3 Å². The third kappa shape index (κ3) is 3.80. The molecular formula is C17H14Cl2N2O3. The fourth-order valence-electron chi connectivity index (χ4n) is 2.40. The number of aryl methyl sites for hydroxylation is 1. The first-order valence-corrected chi connectivity index (χ1v) is 8.08. The first-order chi connectivity index (χ1) is 11.5. The predicted molar refractivity (Wildman–Crippen MR) is 93.4 cm³/mol. The average molecular weight is 365 g/mol. The van der Waals surface area contributed by atoms with Crippen LogP contribution in [0.4, 0.5) is 0 Å². The van der Waals surface area contributed by atoms with Gasteiger partial charge in [0.25, 0.3) is 0 Å². The van der Waals surface area contributed by atoms with Gasteiger partial charge < -0.3 is 9.73 Å². The number of carbonyl (C=O) groups is 1. The third-order valence-electron chi connectivity index (χ3n) is 3.57. The molecule has 0 aliphatic rings. The van der Waals surface area contributed by atoms with Crippen LogP contribution in [-0.2, 0) is 17.9 Å². The summed E-state index contributed by atoms with van der Waals surface area (Å²) in [7, 11) is 0. The monoisotopic (exact) mass is 364 g/mol. The molecule has 124 valence electrons.